The van der Waals surface area contributed by atoms with E-state index in [-0.39, 0.29) is 11.8 Å². The molecule has 5 nitrogen and oxygen atoms in total. The highest BCUT2D eigenvalue weighted by Gasteiger charge is 2.22. The molecule has 0 aliphatic carbocycles. The van der Waals surface area contributed by atoms with Crippen LogP contribution in [0, 0.1) is 5.92 Å². The summed E-state index contributed by atoms with van der Waals surface area (Å²) in [5, 5.41) is 6.50. The molecule has 0 bridgehead atoms. The molecule has 2 rings (SSSR count). The molecular formula is C11H23N3O2S. The summed E-state index contributed by atoms with van der Waals surface area (Å²) in [6.07, 6.45) is 3.71. The Morgan fingerprint density at radius 1 is 1.06 bits per heavy atom. The van der Waals surface area contributed by atoms with Gasteiger partial charge in [0.25, 0.3) is 0 Å². The van der Waals surface area contributed by atoms with Gasteiger partial charge in [0.2, 0.25) is 10.0 Å². The van der Waals surface area contributed by atoms with E-state index in [1.807, 2.05) is 0 Å². The molecule has 1 unspecified atom stereocenters. The lowest BCUT2D eigenvalue weighted by atomic mass is 10.1. The standard InChI is InChI=1S/C11H23N3O2S/c15-17(16,8-4-10-1-5-13-9-10)14-11-2-6-12-7-3-11/h10-14H,1-9H2. The minimum absolute atomic E-state index is 0.142. The largest absolute Gasteiger partial charge is 0.317 e. The van der Waals surface area contributed by atoms with Crippen molar-refractivity contribution in [2.24, 2.45) is 5.92 Å². The molecule has 1 atom stereocenters. The first-order valence-electron chi connectivity index (χ1n) is 6.57. The van der Waals surface area contributed by atoms with Gasteiger partial charge in [-0.05, 0) is 57.8 Å². The van der Waals surface area contributed by atoms with Crippen molar-refractivity contribution in [3.63, 3.8) is 0 Å². The minimum Gasteiger partial charge on any atom is -0.317 e. The summed E-state index contributed by atoms with van der Waals surface area (Å²) < 4.78 is 26.6. The summed E-state index contributed by atoms with van der Waals surface area (Å²) >= 11 is 0. The van der Waals surface area contributed by atoms with Gasteiger partial charge < -0.3 is 10.6 Å². The normalized spacial score (nSPS) is 27.4. The highest BCUT2D eigenvalue weighted by Crippen LogP contribution is 2.13. The molecule has 6 heteroatoms. The molecule has 2 aliphatic rings. The molecule has 0 amide bonds. The Bertz CT molecular complexity index is 320. The van der Waals surface area contributed by atoms with Crippen LogP contribution in [0.25, 0.3) is 0 Å². The van der Waals surface area contributed by atoms with E-state index in [0.717, 1.165) is 51.9 Å². The fourth-order valence-corrected chi connectivity index (χ4v) is 4.04. The van der Waals surface area contributed by atoms with Gasteiger partial charge in [0.15, 0.2) is 0 Å². The first-order chi connectivity index (χ1) is 8.16. The first-order valence-corrected chi connectivity index (χ1v) is 8.22. The predicted molar refractivity (Wildman–Crippen MR) is 68.4 cm³/mol. The Morgan fingerprint density at radius 3 is 2.41 bits per heavy atom. The summed E-state index contributed by atoms with van der Waals surface area (Å²) in [5.41, 5.74) is 0. The second kappa shape index (κ2) is 6.13. The molecule has 2 saturated heterocycles. The maximum Gasteiger partial charge on any atom is 0.211 e. The molecule has 17 heavy (non-hydrogen) atoms. The van der Waals surface area contributed by atoms with Gasteiger partial charge in [0.05, 0.1) is 5.75 Å². The Balaban J connectivity index is 1.73. The van der Waals surface area contributed by atoms with E-state index in [9.17, 15) is 8.42 Å². The SMILES string of the molecule is O=S(=O)(CCC1CCNC1)NC1CCNCC1. The van der Waals surface area contributed by atoms with Crippen molar-refractivity contribution in [3.05, 3.63) is 0 Å². The zero-order valence-corrected chi connectivity index (χ0v) is 11.1. The molecule has 3 N–H and O–H groups in total. The fraction of sp³-hybridized carbons (Fsp3) is 1.00. The topological polar surface area (TPSA) is 70.2 Å². The maximum atomic E-state index is 11.9. The van der Waals surface area contributed by atoms with Crippen LogP contribution >= 0.6 is 0 Å². The van der Waals surface area contributed by atoms with Gasteiger partial charge in [0.1, 0.15) is 0 Å². The monoisotopic (exact) mass is 261 g/mol. The van der Waals surface area contributed by atoms with Crippen molar-refractivity contribution in [1.29, 1.82) is 0 Å². The van der Waals surface area contributed by atoms with Gasteiger partial charge in [-0.3, -0.25) is 0 Å². The van der Waals surface area contributed by atoms with Gasteiger partial charge in [0, 0.05) is 6.04 Å². The van der Waals surface area contributed by atoms with Crippen molar-refractivity contribution in [2.45, 2.75) is 31.7 Å². The fourth-order valence-electron chi connectivity index (χ4n) is 2.54. The summed E-state index contributed by atoms with van der Waals surface area (Å²) in [4.78, 5) is 0. The van der Waals surface area contributed by atoms with Gasteiger partial charge in [-0.25, -0.2) is 13.1 Å². The third-order valence-electron chi connectivity index (χ3n) is 3.64. The van der Waals surface area contributed by atoms with Crippen LogP contribution in [0.2, 0.25) is 0 Å². The Labute approximate surface area is 104 Å². The molecule has 2 heterocycles. The van der Waals surface area contributed by atoms with Crippen molar-refractivity contribution in [3.8, 4) is 0 Å². The molecule has 0 spiro atoms. The van der Waals surface area contributed by atoms with Gasteiger partial charge in [-0.1, -0.05) is 0 Å². The van der Waals surface area contributed by atoms with E-state index in [2.05, 4.69) is 15.4 Å². The van der Waals surface area contributed by atoms with Gasteiger partial charge in [-0.2, -0.15) is 0 Å². The Kier molecular flexibility index (Phi) is 4.78. The van der Waals surface area contributed by atoms with Crippen LogP contribution < -0.4 is 15.4 Å². The van der Waals surface area contributed by atoms with Gasteiger partial charge in [-0.15, -0.1) is 0 Å². The zero-order valence-electron chi connectivity index (χ0n) is 10.2. The zero-order chi connectivity index (χ0) is 12.1. The Hall–Kier alpha value is -0.170. The van der Waals surface area contributed by atoms with E-state index in [0.29, 0.717) is 5.92 Å². The highest BCUT2D eigenvalue weighted by atomic mass is 32.2. The van der Waals surface area contributed by atoms with Crippen LogP contribution in [0.5, 0.6) is 0 Å². The van der Waals surface area contributed by atoms with Crippen LogP contribution in [-0.2, 0) is 10.0 Å². The maximum absolute atomic E-state index is 11.9. The highest BCUT2D eigenvalue weighted by molar-refractivity contribution is 7.89. The van der Waals surface area contributed by atoms with Crippen LogP contribution in [0.1, 0.15) is 25.7 Å². The number of piperidine rings is 1. The van der Waals surface area contributed by atoms with Crippen molar-refractivity contribution >= 4 is 10.0 Å². The number of hydrogen-bond donors (Lipinski definition) is 3. The molecule has 0 aromatic heterocycles. The quantitative estimate of drug-likeness (QED) is 0.633. The lowest BCUT2D eigenvalue weighted by Gasteiger charge is -2.23. The molecule has 2 fully saturated rings. The number of nitrogens with one attached hydrogen (secondary N) is 3. The summed E-state index contributed by atoms with van der Waals surface area (Å²) in [5.74, 6) is 0.822. The van der Waals surface area contributed by atoms with E-state index in [4.69, 9.17) is 0 Å². The van der Waals surface area contributed by atoms with Crippen LogP contribution in [0.15, 0.2) is 0 Å². The smallest absolute Gasteiger partial charge is 0.211 e. The van der Waals surface area contributed by atoms with E-state index < -0.39 is 10.0 Å². The second-order valence-electron chi connectivity index (χ2n) is 5.11. The van der Waals surface area contributed by atoms with E-state index in [1.165, 1.54) is 0 Å². The molecule has 2 aliphatic heterocycles. The number of rotatable bonds is 5. The predicted octanol–water partition coefficient (Wildman–Crippen LogP) is -0.343. The van der Waals surface area contributed by atoms with Gasteiger partial charge >= 0.3 is 0 Å². The average Bonchev–Trinajstić information content (AvgIpc) is 2.80. The lowest BCUT2D eigenvalue weighted by molar-refractivity contribution is 0.425. The van der Waals surface area contributed by atoms with Crippen molar-refractivity contribution < 1.29 is 8.42 Å². The molecule has 100 valence electrons. The third-order valence-corrected chi connectivity index (χ3v) is 5.11. The lowest BCUT2D eigenvalue weighted by Crippen LogP contribution is -2.43. The van der Waals surface area contributed by atoms with E-state index in [1.54, 1.807) is 0 Å². The minimum atomic E-state index is -3.07. The van der Waals surface area contributed by atoms with Crippen LogP contribution in [0.3, 0.4) is 0 Å². The third kappa shape index (κ3) is 4.54. The average molecular weight is 261 g/mol. The summed E-state index contributed by atoms with van der Waals surface area (Å²) in [7, 11) is -3.07. The molecule has 0 radical (unpaired) electrons. The first kappa shape index (κ1) is 13.3. The van der Waals surface area contributed by atoms with Crippen LogP contribution in [0.4, 0.5) is 0 Å². The molecule has 0 aromatic carbocycles. The molecular weight excluding hydrogens is 238 g/mol. The number of hydrogen-bond acceptors (Lipinski definition) is 4. The summed E-state index contributed by atoms with van der Waals surface area (Å²) in [6, 6.07) is 0.142. The second-order valence-corrected chi connectivity index (χ2v) is 6.98. The van der Waals surface area contributed by atoms with E-state index >= 15 is 0 Å². The van der Waals surface area contributed by atoms with Crippen molar-refractivity contribution in [1.82, 2.24) is 15.4 Å². The van der Waals surface area contributed by atoms with Crippen molar-refractivity contribution in [2.75, 3.05) is 31.9 Å². The summed E-state index contributed by atoms with van der Waals surface area (Å²) in [6.45, 7) is 3.84. The Morgan fingerprint density at radius 2 is 1.76 bits per heavy atom. The van der Waals surface area contributed by atoms with Crippen LogP contribution in [-0.4, -0.2) is 46.4 Å². The molecule has 0 saturated carbocycles. The molecule has 0 aromatic rings. The number of sulfonamides is 1.